The van der Waals surface area contributed by atoms with Crippen LogP contribution in [0.3, 0.4) is 0 Å². The summed E-state index contributed by atoms with van der Waals surface area (Å²) in [6.45, 7) is 0. The van der Waals surface area contributed by atoms with Gasteiger partial charge in [0.2, 0.25) is 0 Å². The molecule has 0 amide bonds. The number of carbonyl (C=O) groups excluding carboxylic acids is 1. The van der Waals surface area contributed by atoms with Gasteiger partial charge in [-0.15, -0.1) is 0 Å². The Hall–Kier alpha value is -1.03. The minimum absolute atomic E-state index is 0.232. The lowest BCUT2D eigenvalue weighted by Gasteiger charge is -2.13. The second-order valence-electron chi connectivity index (χ2n) is 6.56. The second-order valence-corrected chi connectivity index (χ2v) is 7.42. The number of hydrogen-bond donors (Lipinski definition) is 0. The van der Waals surface area contributed by atoms with E-state index in [0.29, 0.717) is 28.9 Å². The standard InChI is InChI=1S/C17H19BrO3/c1-20-12-7-11(18)13(21-2)6-10(12)17(19)16-14-8-3-4-9(5-8)15(14)16/h6-9,14-16H,3-5H2,1-2H3. The maximum Gasteiger partial charge on any atom is 0.170 e. The van der Waals surface area contributed by atoms with Crippen LogP contribution in [0.25, 0.3) is 0 Å². The molecule has 3 nitrogen and oxygen atoms in total. The van der Waals surface area contributed by atoms with Crippen LogP contribution in [0.2, 0.25) is 0 Å². The first-order valence-corrected chi connectivity index (χ1v) is 8.40. The third kappa shape index (κ3) is 1.88. The Labute approximate surface area is 133 Å². The maximum atomic E-state index is 12.9. The van der Waals surface area contributed by atoms with E-state index in [1.54, 1.807) is 14.2 Å². The van der Waals surface area contributed by atoms with Crippen molar-refractivity contribution in [1.82, 2.24) is 0 Å². The quantitative estimate of drug-likeness (QED) is 0.771. The maximum absolute atomic E-state index is 12.9. The zero-order chi connectivity index (χ0) is 14.7. The smallest absolute Gasteiger partial charge is 0.170 e. The average Bonchev–Trinajstić information content (AvgIpc) is 2.93. The van der Waals surface area contributed by atoms with Crippen LogP contribution in [0.4, 0.5) is 0 Å². The molecule has 0 heterocycles. The monoisotopic (exact) mass is 350 g/mol. The fourth-order valence-electron chi connectivity index (χ4n) is 4.91. The van der Waals surface area contributed by atoms with Gasteiger partial charge in [-0.2, -0.15) is 0 Å². The summed E-state index contributed by atoms with van der Waals surface area (Å²) >= 11 is 3.45. The van der Waals surface area contributed by atoms with E-state index in [1.165, 1.54) is 19.3 Å². The van der Waals surface area contributed by atoms with Gasteiger partial charge in [0, 0.05) is 5.92 Å². The van der Waals surface area contributed by atoms with E-state index >= 15 is 0 Å². The number of benzene rings is 1. The van der Waals surface area contributed by atoms with Gasteiger partial charge in [0.25, 0.3) is 0 Å². The number of carbonyl (C=O) groups is 1. The van der Waals surface area contributed by atoms with Crippen LogP contribution in [-0.2, 0) is 0 Å². The Morgan fingerprint density at radius 2 is 1.71 bits per heavy atom. The van der Waals surface area contributed by atoms with Gasteiger partial charge in [-0.25, -0.2) is 0 Å². The summed E-state index contributed by atoms with van der Waals surface area (Å²) in [6, 6.07) is 3.65. The molecule has 3 aliphatic rings. The van der Waals surface area contributed by atoms with Crippen molar-refractivity contribution in [2.75, 3.05) is 14.2 Å². The van der Waals surface area contributed by atoms with Crippen molar-refractivity contribution < 1.29 is 14.3 Å². The summed E-state index contributed by atoms with van der Waals surface area (Å²) in [5, 5.41) is 0. The van der Waals surface area contributed by atoms with Crippen molar-refractivity contribution in [3.05, 3.63) is 22.2 Å². The predicted molar refractivity (Wildman–Crippen MR) is 82.9 cm³/mol. The van der Waals surface area contributed by atoms with Crippen LogP contribution in [-0.4, -0.2) is 20.0 Å². The van der Waals surface area contributed by atoms with E-state index in [1.807, 2.05) is 12.1 Å². The van der Waals surface area contributed by atoms with Gasteiger partial charge in [-0.05, 0) is 71.0 Å². The van der Waals surface area contributed by atoms with Gasteiger partial charge >= 0.3 is 0 Å². The number of hydrogen-bond acceptors (Lipinski definition) is 3. The molecule has 4 rings (SSSR count). The molecule has 0 aromatic heterocycles. The lowest BCUT2D eigenvalue weighted by molar-refractivity contribution is 0.0941. The molecule has 3 saturated carbocycles. The minimum Gasteiger partial charge on any atom is -0.496 e. The van der Waals surface area contributed by atoms with Gasteiger partial charge in [0.1, 0.15) is 11.5 Å². The first-order valence-electron chi connectivity index (χ1n) is 7.61. The highest BCUT2D eigenvalue weighted by atomic mass is 79.9. The number of halogens is 1. The molecule has 4 unspecified atom stereocenters. The van der Waals surface area contributed by atoms with Crippen molar-refractivity contribution in [1.29, 1.82) is 0 Å². The van der Waals surface area contributed by atoms with Gasteiger partial charge in [-0.3, -0.25) is 4.79 Å². The summed E-state index contributed by atoms with van der Waals surface area (Å²) in [4.78, 5) is 12.9. The van der Waals surface area contributed by atoms with Gasteiger partial charge < -0.3 is 9.47 Å². The van der Waals surface area contributed by atoms with Crippen LogP contribution >= 0.6 is 15.9 Å². The number of rotatable bonds is 4. The van der Waals surface area contributed by atoms with E-state index in [0.717, 1.165) is 16.3 Å². The van der Waals surface area contributed by atoms with Crippen molar-refractivity contribution in [3.63, 3.8) is 0 Å². The molecule has 2 bridgehead atoms. The van der Waals surface area contributed by atoms with Crippen LogP contribution in [0.5, 0.6) is 11.5 Å². The molecule has 0 radical (unpaired) electrons. The second kappa shape index (κ2) is 4.73. The third-order valence-corrected chi connectivity index (χ3v) is 6.40. The highest BCUT2D eigenvalue weighted by Gasteiger charge is 2.67. The summed E-state index contributed by atoms with van der Waals surface area (Å²) in [5.74, 6) is 4.72. The van der Waals surface area contributed by atoms with E-state index in [4.69, 9.17) is 9.47 Å². The molecule has 3 aliphatic carbocycles. The Morgan fingerprint density at radius 1 is 1.10 bits per heavy atom. The SMILES string of the molecule is COc1cc(C(=O)C2C3C4CCC(C4)C23)c(OC)cc1Br. The fourth-order valence-corrected chi connectivity index (χ4v) is 5.39. The molecule has 1 aromatic rings. The largest absolute Gasteiger partial charge is 0.496 e. The lowest BCUT2D eigenvalue weighted by Crippen LogP contribution is -2.11. The zero-order valence-corrected chi connectivity index (χ0v) is 13.9. The summed E-state index contributed by atoms with van der Waals surface area (Å²) in [5.41, 5.74) is 0.677. The molecule has 0 aliphatic heterocycles. The molecule has 0 spiro atoms. The molecule has 3 fully saturated rings. The van der Waals surface area contributed by atoms with Crippen LogP contribution in [0.15, 0.2) is 16.6 Å². The Bertz CT molecular complexity index is 596. The van der Waals surface area contributed by atoms with E-state index < -0.39 is 0 Å². The third-order valence-electron chi connectivity index (χ3n) is 5.78. The molecule has 21 heavy (non-hydrogen) atoms. The van der Waals surface area contributed by atoms with Gasteiger partial charge in [0.05, 0.1) is 24.3 Å². The lowest BCUT2D eigenvalue weighted by atomic mass is 9.95. The van der Waals surface area contributed by atoms with E-state index in [-0.39, 0.29) is 11.7 Å². The molecular formula is C17H19BrO3. The highest BCUT2D eigenvalue weighted by molar-refractivity contribution is 9.10. The van der Waals surface area contributed by atoms with E-state index in [2.05, 4.69) is 15.9 Å². The molecule has 0 N–H and O–H groups in total. The topological polar surface area (TPSA) is 35.5 Å². The Kier molecular flexibility index (Phi) is 3.07. The van der Waals surface area contributed by atoms with Crippen LogP contribution < -0.4 is 9.47 Å². The number of ketones is 1. The molecule has 112 valence electrons. The summed E-state index contributed by atoms with van der Waals surface area (Å²) < 4.78 is 11.6. The van der Waals surface area contributed by atoms with Crippen LogP contribution in [0, 0.1) is 29.6 Å². The average molecular weight is 351 g/mol. The highest BCUT2D eigenvalue weighted by Crippen LogP contribution is 2.70. The molecule has 4 atom stereocenters. The number of Topliss-reactive ketones (excluding diaryl/α,β-unsaturated/α-hetero) is 1. The van der Waals surface area contributed by atoms with Crippen molar-refractivity contribution in [3.8, 4) is 11.5 Å². The zero-order valence-electron chi connectivity index (χ0n) is 12.3. The van der Waals surface area contributed by atoms with Crippen LogP contribution in [0.1, 0.15) is 29.6 Å². The van der Waals surface area contributed by atoms with Crippen molar-refractivity contribution in [2.24, 2.45) is 29.6 Å². The van der Waals surface area contributed by atoms with Crippen molar-refractivity contribution in [2.45, 2.75) is 19.3 Å². The van der Waals surface area contributed by atoms with Gasteiger partial charge in [0.15, 0.2) is 5.78 Å². The Balaban J connectivity index is 1.66. The molecule has 1 aromatic carbocycles. The molecule has 4 heteroatoms. The Morgan fingerprint density at radius 3 is 2.29 bits per heavy atom. The molecular weight excluding hydrogens is 332 g/mol. The first kappa shape index (κ1) is 13.6. The van der Waals surface area contributed by atoms with E-state index in [9.17, 15) is 4.79 Å². The first-order chi connectivity index (χ1) is 10.2. The number of ether oxygens (including phenoxy) is 2. The predicted octanol–water partition coefficient (Wildman–Crippen LogP) is 3.94. The molecule has 0 saturated heterocycles. The minimum atomic E-state index is 0.232. The number of methoxy groups -OCH3 is 2. The fraction of sp³-hybridized carbons (Fsp3) is 0.588. The summed E-state index contributed by atoms with van der Waals surface area (Å²) in [7, 11) is 3.23. The summed E-state index contributed by atoms with van der Waals surface area (Å²) in [6.07, 6.45) is 4.02. The number of fused-ring (bicyclic) bond motifs is 5. The normalized spacial score (nSPS) is 35.5. The van der Waals surface area contributed by atoms with Crippen molar-refractivity contribution >= 4 is 21.7 Å². The van der Waals surface area contributed by atoms with Gasteiger partial charge in [-0.1, -0.05) is 0 Å².